The summed E-state index contributed by atoms with van der Waals surface area (Å²) < 4.78 is 0. The Morgan fingerprint density at radius 2 is 1.36 bits per heavy atom. The standard InChI is InChI=1S/C21H26O/c1-15-6-8-17(9-7-15)20(14-16(2)22)18-10-12-19(13-11-18)21(3,4)5/h6-13,20H,14H2,1-5H3. The number of ketones is 1. The fourth-order valence-electron chi connectivity index (χ4n) is 2.73. The van der Waals surface area contributed by atoms with Crippen LogP contribution in [0.3, 0.4) is 0 Å². The highest BCUT2D eigenvalue weighted by atomic mass is 16.1. The number of benzene rings is 2. The van der Waals surface area contributed by atoms with E-state index in [0.29, 0.717) is 6.42 Å². The highest BCUT2D eigenvalue weighted by Crippen LogP contribution is 2.30. The van der Waals surface area contributed by atoms with Gasteiger partial charge in [0.2, 0.25) is 0 Å². The lowest BCUT2D eigenvalue weighted by molar-refractivity contribution is -0.117. The van der Waals surface area contributed by atoms with Crippen molar-refractivity contribution in [1.82, 2.24) is 0 Å². The second-order valence-corrected chi connectivity index (χ2v) is 7.24. The van der Waals surface area contributed by atoms with Gasteiger partial charge in [0.25, 0.3) is 0 Å². The Labute approximate surface area is 134 Å². The molecule has 0 saturated carbocycles. The van der Waals surface area contributed by atoms with Gasteiger partial charge in [-0.1, -0.05) is 74.9 Å². The monoisotopic (exact) mass is 294 g/mol. The molecule has 0 aromatic heterocycles. The Morgan fingerprint density at radius 1 is 0.909 bits per heavy atom. The lowest BCUT2D eigenvalue weighted by atomic mass is 9.83. The second kappa shape index (κ2) is 6.48. The van der Waals surface area contributed by atoms with Crippen LogP contribution < -0.4 is 0 Å². The van der Waals surface area contributed by atoms with Gasteiger partial charge < -0.3 is 0 Å². The largest absolute Gasteiger partial charge is 0.300 e. The molecule has 0 radical (unpaired) electrons. The number of Topliss-reactive ketones (excluding diaryl/α,β-unsaturated/α-hetero) is 1. The minimum atomic E-state index is 0.145. The fraction of sp³-hybridized carbons (Fsp3) is 0.381. The normalized spacial score (nSPS) is 13.0. The molecule has 0 aliphatic rings. The number of aryl methyl sites for hydroxylation is 1. The van der Waals surface area contributed by atoms with E-state index in [4.69, 9.17) is 0 Å². The highest BCUT2D eigenvalue weighted by Gasteiger charge is 2.18. The number of hydrogen-bond acceptors (Lipinski definition) is 1. The first kappa shape index (κ1) is 16.5. The van der Waals surface area contributed by atoms with Gasteiger partial charge in [-0.15, -0.1) is 0 Å². The third-order valence-corrected chi connectivity index (χ3v) is 4.15. The van der Waals surface area contributed by atoms with Crippen LogP contribution in [0.2, 0.25) is 0 Å². The predicted molar refractivity (Wildman–Crippen MR) is 93.5 cm³/mol. The van der Waals surface area contributed by atoms with Gasteiger partial charge in [-0.05, 0) is 36.0 Å². The maximum Gasteiger partial charge on any atom is 0.130 e. The molecule has 0 fully saturated rings. The average Bonchev–Trinajstić information content (AvgIpc) is 2.45. The van der Waals surface area contributed by atoms with E-state index in [1.54, 1.807) is 6.92 Å². The summed E-state index contributed by atoms with van der Waals surface area (Å²) in [6.07, 6.45) is 0.553. The van der Waals surface area contributed by atoms with Crippen LogP contribution >= 0.6 is 0 Å². The quantitative estimate of drug-likeness (QED) is 0.737. The Bertz CT molecular complexity index is 627. The lowest BCUT2D eigenvalue weighted by Gasteiger charge is -2.21. The number of carbonyl (C=O) groups excluding carboxylic acids is 1. The summed E-state index contributed by atoms with van der Waals surface area (Å²) in [5, 5.41) is 0. The van der Waals surface area contributed by atoms with Crippen LogP contribution in [0.15, 0.2) is 48.5 Å². The molecule has 116 valence electrons. The third-order valence-electron chi connectivity index (χ3n) is 4.15. The summed E-state index contributed by atoms with van der Waals surface area (Å²) >= 11 is 0. The molecule has 1 heteroatoms. The van der Waals surface area contributed by atoms with Crippen LogP contribution in [-0.2, 0) is 10.2 Å². The molecule has 0 saturated heterocycles. The molecule has 0 aliphatic carbocycles. The van der Waals surface area contributed by atoms with E-state index in [9.17, 15) is 4.79 Å². The van der Waals surface area contributed by atoms with Gasteiger partial charge in [-0.2, -0.15) is 0 Å². The predicted octanol–water partition coefficient (Wildman–Crippen LogP) is 5.40. The van der Waals surface area contributed by atoms with E-state index in [1.807, 2.05) is 0 Å². The summed E-state index contributed by atoms with van der Waals surface area (Å²) in [5.74, 6) is 0.373. The van der Waals surface area contributed by atoms with Crippen molar-refractivity contribution in [3.63, 3.8) is 0 Å². The molecule has 2 rings (SSSR count). The summed E-state index contributed by atoms with van der Waals surface area (Å²) in [6.45, 7) is 10.4. The van der Waals surface area contributed by atoms with Crippen LogP contribution in [0.4, 0.5) is 0 Å². The number of carbonyl (C=O) groups is 1. The average molecular weight is 294 g/mol. The zero-order valence-corrected chi connectivity index (χ0v) is 14.3. The first-order chi connectivity index (χ1) is 10.3. The SMILES string of the molecule is CC(=O)CC(c1ccc(C)cc1)c1ccc(C(C)(C)C)cc1. The van der Waals surface area contributed by atoms with Gasteiger partial charge in [0.15, 0.2) is 0 Å². The Hall–Kier alpha value is -1.89. The zero-order valence-electron chi connectivity index (χ0n) is 14.3. The lowest BCUT2D eigenvalue weighted by Crippen LogP contribution is -2.12. The molecule has 0 aliphatic heterocycles. The molecule has 0 heterocycles. The van der Waals surface area contributed by atoms with Crippen molar-refractivity contribution >= 4 is 5.78 Å². The molecule has 0 N–H and O–H groups in total. The van der Waals surface area contributed by atoms with Crippen LogP contribution in [0.1, 0.15) is 62.3 Å². The second-order valence-electron chi connectivity index (χ2n) is 7.24. The van der Waals surface area contributed by atoms with Crippen molar-refractivity contribution in [1.29, 1.82) is 0 Å². The van der Waals surface area contributed by atoms with Crippen LogP contribution in [0.25, 0.3) is 0 Å². The summed E-state index contributed by atoms with van der Waals surface area (Å²) in [4.78, 5) is 11.7. The molecule has 0 bridgehead atoms. The van der Waals surface area contributed by atoms with Gasteiger partial charge in [0, 0.05) is 12.3 Å². The van der Waals surface area contributed by atoms with E-state index in [1.165, 1.54) is 22.3 Å². The molecular formula is C21H26O. The molecule has 2 aromatic rings. The molecule has 1 unspecified atom stereocenters. The Kier molecular flexibility index (Phi) is 4.85. The van der Waals surface area contributed by atoms with E-state index in [0.717, 1.165) is 0 Å². The minimum absolute atomic E-state index is 0.145. The molecule has 1 nitrogen and oxygen atoms in total. The van der Waals surface area contributed by atoms with Crippen molar-refractivity contribution in [3.05, 3.63) is 70.8 Å². The fourth-order valence-corrected chi connectivity index (χ4v) is 2.73. The van der Waals surface area contributed by atoms with Gasteiger partial charge in [0.05, 0.1) is 0 Å². The van der Waals surface area contributed by atoms with E-state index in [2.05, 4.69) is 76.2 Å². The minimum Gasteiger partial charge on any atom is -0.300 e. The van der Waals surface area contributed by atoms with Crippen LogP contribution in [-0.4, -0.2) is 5.78 Å². The molecule has 0 spiro atoms. The summed E-state index contributed by atoms with van der Waals surface area (Å²) in [5.41, 5.74) is 5.14. The zero-order chi connectivity index (χ0) is 16.3. The van der Waals surface area contributed by atoms with Gasteiger partial charge in [0.1, 0.15) is 5.78 Å². The van der Waals surface area contributed by atoms with Gasteiger partial charge >= 0.3 is 0 Å². The molecule has 0 amide bonds. The first-order valence-electron chi connectivity index (χ1n) is 7.94. The van der Waals surface area contributed by atoms with Crippen molar-refractivity contribution in [2.75, 3.05) is 0 Å². The molecular weight excluding hydrogens is 268 g/mol. The topological polar surface area (TPSA) is 17.1 Å². The number of rotatable bonds is 4. The maximum absolute atomic E-state index is 11.7. The third kappa shape index (κ3) is 4.07. The first-order valence-corrected chi connectivity index (χ1v) is 7.94. The smallest absolute Gasteiger partial charge is 0.130 e. The van der Waals surface area contributed by atoms with Crippen LogP contribution in [0.5, 0.6) is 0 Å². The maximum atomic E-state index is 11.7. The van der Waals surface area contributed by atoms with Crippen molar-refractivity contribution < 1.29 is 4.79 Å². The van der Waals surface area contributed by atoms with E-state index >= 15 is 0 Å². The number of hydrogen-bond donors (Lipinski definition) is 0. The van der Waals surface area contributed by atoms with Gasteiger partial charge in [-0.3, -0.25) is 4.79 Å². The Balaban J connectivity index is 2.37. The van der Waals surface area contributed by atoms with Crippen molar-refractivity contribution in [2.45, 2.75) is 52.4 Å². The Morgan fingerprint density at radius 3 is 1.77 bits per heavy atom. The van der Waals surface area contributed by atoms with E-state index < -0.39 is 0 Å². The van der Waals surface area contributed by atoms with Crippen LogP contribution in [0, 0.1) is 6.92 Å². The molecule has 22 heavy (non-hydrogen) atoms. The summed E-state index contributed by atoms with van der Waals surface area (Å²) in [7, 11) is 0. The highest BCUT2D eigenvalue weighted by molar-refractivity contribution is 5.77. The van der Waals surface area contributed by atoms with Crippen molar-refractivity contribution in [3.8, 4) is 0 Å². The van der Waals surface area contributed by atoms with Gasteiger partial charge in [-0.25, -0.2) is 0 Å². The van der Waals surface area contributed by atoms with Crippen molar-refractivity contribution in [2.24, 2.45) is 0 Å². The molecule has 1 atom stereocenters. The van der Waals surface area contributed by atoms with E-state index in [-0.39, 0.29) is 17.1 Å². The molecule has 2 aromatic carbocycles. The summed E-state index contributed by atoms with van der Waals surface area (Å²) in [6, 6.07) is 17.2.